The van der Waals surface area contributed by atoms with E-state index in [9.17, 15) is 0 Å². The Morgan fingerprint density at radius 3 is 1.14 bits per heavy atom. The first-order chi connectivity index (χ1) is 1.91. The molecule has 0 aromatic heterocycles. The molecule has 0 unspecified atom stereocenters. The summed E-state index contributed by atoms with van der Waals surface area (Å²) in [7, 11) is 0. The predicted molar refractivity (Wildman–Crippen MR) is 33.6 cm³/mol. The molecule has 0 amide bonds. The van der Waals surface area contributed by atoms with Gasteiger partial charge in [-0.2, -0.15) is 0 Å². The molecule has 0 rings (SSSR count). The van der Waals surface area contributed by atoms with Crippen LogP contribution in [0.2, 0.25) is 0 Å². The molecule has 0 fully saturated rings. The second-order valence-electron chi connectivity index (χ2n) is 0.447. The molecule has 3 nitrogen and oxygen atoms in total. The Hall–Kier alpha value is 0.936. The molecule has 0 aliphatic heterocycles. The Kier molecular flexibility index (Phi) is 99.8. The van der Waals surface area contributed by atoms with Gasteiger partial charge in [0.05, 0.1) is 13.2 Å². The number of rotatable bonds is 1. The molecule has 0 saturated heterocycles. The van der Waals surface area contributed by atoms with Crippen LogP contribution in [0.1, 0.15) is 0 Å². The van der Waals surface area contributed by atoms with Crippen LogP contribution in [-0.4, -0.2) is 52.0 Å². The Morgan fingerprint density at radius 2 is 1.14 bits per heavy atom. The number of hydrogen-bond acceptors (Lipinski definition) is 2. The van der Waals surface area contributed by atoms with Crippen LogP contribution in [-0.2, 0) is 0 Å². The third kappa shape index (κ3) is 45.1. The van der Waals surface area contributed by atoms with Crippen molar-refractivity contribution in [1.29, 1.82) is 0 Å². The molecule has 7 heavy (non-hydrogen) atoms. The number of aliphatic hydroxyl groups excluding tert-OH is 2. The van der Waals surface area contributed by atoms with Crippen molar-refractivity contribution in [2.75, 3.05) is 13.2 Å². The van der Waals surface area contributed by atoms with Crippen LogP contribution in [0.25, 0.3) is 0 Å². The fourth-order valence-electron chi connectivity index (χ4n) is 0. The van der Waals surface area contributed by atoms with Gasteiger partial charge in [0.15, 0.2) is 0 Å². The third-order valence-corrected chi connectivity index (χ3v) is 0.1000. The van der Waals surface area contributed by atoms with Crippen LogP contribution in [0.3, 0.4) is 0 Å². The second kappa shape index (κ2) is 28.4. The molecule has 0 aliphatic carbocycles. The highest BCUT2D eigenvalue weighted by Gasteiger charge is 1.58. The zero-order valence-corrected chi connectivity index (χ0v) is 4.03. The van der Waals surface area contributed by atoms with Gasteiger partial charge in [-0.05, 0) is 0 Å². The topological polar surface area (TPSA) is 72.0 Å². The second-order valence-corrected chi connectivity index (χ2v) is 0.447. The van der Waals surface area contributed by atoms with E-state index in [1.165, 1.54) is 0 Å². The fraction of sp³-hybridized carbons (Fsp3) is 1.00. The van der Waals surface area contributed by atoms with Crippen molar-refractivity contribution in [2.24, 2.45) is 0 Å². The summed E-state index contributed by atoms with van der Waals surface area (Å²) in [4.78, 5) is 0. The quantitative estimate of drug-likeness (QED) is 0.403. The number of halogens is 1. The lowest BCUT2D eigenvalue weighted by atomic mass is 10.8. The van der Waals surface area contributed by atoms with Gasteiger partial charge in [-0.3, -0.25) is 0 Å². The average Bonchev–Trinajstić information content (AvgIpc) is 1.37. The van der Waals surface area contributed by atoms with Gasteiger partial charge in [0.1, 0.15) is 0 Å². The standard InChI is InChI=1S/C2H6O2.ClH.Mg.H2O.2H/c3-1-2-4;;;;;/h3-4H,1-2H2;1H;;1H2;;. The monoisotopic (exact) mass is 142 g/mol. The first kappa shape index (κ1) is 24.6. The summed E-state index contributed by atoms with van der Waals surface area (Å²) < 4.78 is 0. The summed E-state index contributed by atoms with van der Waals surface area (Å²) in [6, 6.07) is 0. The van der Waals surface area contributed by atoms with Gasteiger partial charge in [-0.25, -0.2) is 0 Å². The zero-order chi connectivity index (χ0) is 3.41. The number of aliphatic hydroxyl groups is 2. The lowest BCUT2D eigenvalue weighted by Gasteiger charge is -1.70. The van der Waals surface area contributed by atoms with Crippen molar-refractivity contribution in [1.82, 2.24) is 0 Å². The summed E-state index contributed by atoms with van der Waals surface area (Å²) in [6.45, 7) is -0.250. The molecule has 0 bridgehead atoms. The highest BCUT2D eigenvalue weighted by Crippen LogP contribution is 1.39. The number of hydrogen-bond donors (Lipinski definition) is 2. The van der Waals surface area contributed by atoms with Gasteiger partial charge in [-0.15, -0.1) is 12.4 Å². The molecule has 5 heteroatoms. The first-order valence-electron chi connectivity index (χ1n) is 1.13. The molecule has 4 N–H and O–H groups in total. The lowest BCUT2D eigenvalue weighted by molar-refractivity contribution is 0.186. The van der Waals surface area contributed by atoms with Gasteiger partial charge in [0.2, 0.25) is 0 Å². The van der Waals surface area contributed by atoms with Crippen molar-refractivity contribution in [3.63, 3.8) is 0 Å². The van der Waals surface area contributed by atoms with Crippen LogP contribution in [0, 0.1) is 0 Å². The van der Waals surface area contributed by atoms with Crippen LogP contribution in [0.5, 0.6) is 0 Å². The van der Waals surface area contributed by atoms with E-state index in [4.69, 9.17) is 10.2 Å². The van der Waals surface area contributed by atoms with E-state index < -0.39 is 0 Å². The summed E-state index contributed by atoms with van der Waals surface area (Å²) in [5.74, 6) is 0. The maximum absolute atomic E-state index is 7.62. The van der Waals surface area contributed by atoms with Gasteiger partial charge in [0.25, 0.3) is 0 Å². The van der Waals surface area contributed by atoms with Crippen LogP contribution in [0.4, 0.5) is 0 Å². The van der Waals surface area contributed by atoms with Crippen molar-refractivity contribution in [3.05, 3.63) is 0 Å². The lowest BCUT2D eigenvalue weighted by Crippen LogP contribution is -1.85. The molecule has 0 aromatic rings. The Morgan fingerprint density at radius 1 is 1.00 bits per heavy atom. The van der Waals surface area contributed by atoms with E-state index in [2.05, 4.69) is 0 Å². The maximum atomic E-state index is 7.62. The summed E-state index contributed by atoms with van der Waals surface area (Å²) >= 11 is 0. The molecule has 0 aromatic carbocycles. The van der Waals surface area contributed by atoms with Crippen LogP contribution >= 0.6 is 12.4 Å². The smallest absolute Gasteiger partial charge is 0.316 e. The molecule has 0 heterocycles. The maximum Gasteiger partial charge on any atom is 0.316 e. The van der Waals surface area contributed by atoms with Crippen molar-refractivity contribution in [3.8, 4) is 0 Å². The van der Waals surface area contributed by atoms with E-state index in [-0.39, 0.29) is 54.1 Å². The van der Waals surface area contributed by atoms with E-state index in [0.29, 0.717) is 0 Å². The predicted octanol–water partition coefficient (Wildman–Crippen LogP) is -2.35. The molecule has 0 aliphatic rings. The fourth-order valence-corrected chi connectivity index (χ4v) is 0. The largest absolute Gasteiger partial charge is 0.412 e. The molecular formula is C2H11ClMgO3. The van der Waals surface area contributed by atoms with Crippen molar-refractivity contribution < 1.29 is 15.7 Å². The zero-order valence-electron chi connectivity index (χ0n) is 3.22. The Bertz CT molecular complexity index is 14.9. The Balaban J connectivity index is -0.0000000150. The molecular weight excluding hydrogens is 132 g/mol. The summed E-state index contributed by atoms with van der Waals surface area (Å²) in [5, 5.41) is 15.2. The molecule has 0 spiro atoms. The van der Waals surface area contributed by atoms with Gasteiger partial charge >= 0.3 is 23.1 Å². The minimum Gasteiger partial charge on any atom is -0.412 e. The molecule has 46 valence electrons. The van der Waals surface area contributed by atoms with E-state index >= 15 is 0 Å². The van der Waals surface area contributed by atoms with E-state index in [1.807, 2.05) is 0 Å². The average molecular weight is 143 g/mol. The van der Waals surface area contributed by atoms with Crippen LogP contribution < -0.4 is 0 Å². The van der Waals surface area contributed by atoms with Gasteiger partial charge in [-0.1, -0.05) is 0 Å². The first-order valence-corrected chi connectivity index (χ1v) is 1.13. The van der Waals surface area contributed by atoms with Crippen LogP contribution in [0.15, 0.2) is 0 Å². The summed E-state index contributed by atoms with van der Waals surface area (Å²) in [6.07, 6.45) is 0. The molecule has 0 saturated carbocycles. The SMILES string of the molecule is Cl.O.OCCO.[MgH2]. The third-order valence-electron chi connectivity index (χ3n) is 0.1000. The highest BCUT2D eigenvalue weighted by molar-refractivity contribution is 5.85. The van der Waals surface area contributed by atoms with E-state index in [1.54, 1.807) is 0 Å². The van der Waals surface area contributed by atoms with E-state index in [0.717, 1.165) is 0 Å². The normalized spacial score (nSPS) is 4.29. The highest BCUT2D eigenvalue weighted by atomic mass is 35.5. The minimum absolute atomic E-state index is 0. The van der Waals surface area contributed by atoms with Gasteiger partial charge in [0, 0.05) is 0 Å². The summed E-state index contributed by atoms with van der Waals surface area (Å²) in [5.41, 5.74) is 0. The Labute approximate surface area is 64.6 Å². The molecule has 0 radical (unpaired) electrons. The minimum atomic E-state index is -0.125. The molecule has 0 atom stereocenters. The van der Waals surface area contributed by atoms with Gasteiger partial charge < -0.3 is 15.7 Å². The van der Waals surface area contributed by atoms with Crippen molar-refractivity contribution >= 4 is 35.5 Å². The van der Waals surface area contributed by atoms with Crippen molar-refractivity contribution in [2.45, 2.75) is 0 Å².